The Balaban J connectivity index is 1.39. The van der Waals surface area contributed by atoms with Crippen molar-refractivity contribution in [2.45, 2.75) is 11.4 Å². The second kappa shape index (κ2) is 8.08. The second-order valence-corrected chi connectivity index (χ2v) is 9.39. The van der Waals surface area contributed by atoms with Crippen molar-refractivity contribution in [1.29, 1.82) is 0 Å². The van der Waals surface area contributed by atoms with E-state index in [9.17, 15) is 22.4 Å². The first-order valence-corrected chi connectivity index (χ1v) is 11.3. The van der Waals surface area contributed by atoms with Gasteiger partial charge >= 0.3 is 5.69 Å². The quantitative estimate of drug-likeness (QED) is 0.546. The molecule has 0 radical (unpaired) electrons. The van der Waals surface area contributed by atoms with E-state index in [4.69, 9.17) is 0 Å². The summed E-state index contributed by atoms with van der Waals surface area (Å²) in [5.41, 5.74) is -0.525. The maximum atomic E-state index is 13.1. The van der Waals surface area contributed by atoms with E-state index in [1.807, 2.05) is 0 Å². The number of piperazine rings is 1. The minimum Gasteiger partial charge on any atom is -0.338 e. The third-order valence-electron chi connectivity index (χ3n) is 4.68. The molecule has 1 fully saturated rings. The van der Waals surface area contributed by atoms with Crippen molar-refractivity contribution < 1.29 is 17.6 Å². The number of thiophene rings is 1. The fraction of sp³-hybridized carbons (Fsp3) is 0.294. The van der Waals surface area contributed by atoms with Crippen LogP contribution in [-0.2, 0) is 21.4 Å². The van der Waals surface area contributed by atoms with Gasteiger partial charge < -0.3 is 4.90 Å². The average Bonchev–Trinajstić information content (AvgIpc) is 3.39. The molecule has 4 rings (SSSR count). The number of aromatic nitrogens is 4. The van der Waals surface area contributed by atoms with Gasteiger partial charge in [-0.2, -0.15) is 13.7 Å². The predicted molar refractivity (Wildman–Crippen MR) is 105 cm³/mol. The normalized spacial score (nSPS) is 15.4. The summed E-state index contributed by atoms with van der Waals surface area (Å²) < 4.78 is 41.7. The Morgan fingerprint density at radius 3 is 2.40 bits per heavy atom. The molecule has 1 saturated heterocycles. The standard InChI is InChI=1S/C17H17FN6O4S2/c18-13-3-5-14(6-4-13)30(27,28)22-9-7-21(8-10-22)15(25)12-23-17(26)24(20-19-23)16-2-1-11-29-16/h1-6,11H,7-10,12H2. The molecule has 0 atom stereocenters. The summed E-state index contributed by atoms with van der Waals surface area (Å²) in [6.07, 6.45) is 0. The van der Waals surface area contributed by atoms with Gasteiger partial charge in [-0.25, -0.2) is 17.6 Å². The molecule has 1 aliphatic rings. The van der Waals surface area contributed by atoms with Crippen LogP contribution in [0.25, 0.3) is 5.00 Å². The van der Waals surface area contributed by atoms with Crippen LogP contribution in [0.1, 0.15) is 0 Å². The molecule has 13 heteroatoms. The molecule has 0 bridgehead atoms. The van der Waals surface area contributed by atoms with Gasteiger partial charge in [-0.15, -0.1) is 11.3 Å². The number of halogens is 1. The Hall–Kier alpha value is -2.90. The molecule has 2 aromatic heterocycles. The highest BCUT2D eigenvalue weighted by Gasteiger charge is 2.30. The van der Waals surface area contributed by atoms with Crippen molar-refractivity contribution in [3.63, 3.8) is 0 Å². The van der Waals surface area contributed by atoms with Gasteiger partial charge in [-0.05, 0) is 52.2 Å². The van der Waals surface area contributed by atoms with E-state index in [-0.39, 0.29) is 43.5 Å². The molecule has 3 heterocycles. The summed E-state index contributed by atoms with van der Waals surface area (Å²) in [7, 11) is -3.77. The minimum absolute atomic E-state index is 0.000389. The van der Waals surface area contributed by atoms with E-state index in [0.717, 1.165) is 21.5 Å². The summed E-state index contributed by atoms with van der Waals surface area (Å²) >= 11 is 1.32. The van der Waals surface area contributed by atoms with E-state index in [2.05, 4.69) is 10.4 Å². The third-order valence-corrected chi connectivity index (χ3v) is 7.44. The first-order valence-electron chi connectivity index (χ1n) is 8.96. The van der Waals surface area contributed by atoms with E-state index < -0.39 is 21.5 Å². The highest BCUT2D eigenvalue weighted by atomic mass is 32.2. The van der Waals surface area contributed by atoms with E-state index in [1.54, 1.807) is 17.5 Å². The van der Waals surface area contributed by atoms with Crippen LogP contribution in [0, 0.1) is 5.82 Å². The number of sulfonamides is 1. The molecule has 0 unspecified atom stereocenters. The Labute approximate surface area is 174 Å². The lowest BCUT2D eigenvalue weighted by molar-refractivity contribution is -0.133. The van der Waals surface area contributed by atoms with Crippen LogP contribution < -0.4 is 5.69 Å². The van der Waals surface area contributed by atoms with Crippen molar-refractivity contribution in [2.24, 2.45) is 0 Å². The van der Waals surface area contributed by atoms with Gasteiger partial charge in [0.15, 0.2) is 0 Å². The van der Waals surface area contributed by atoms with E-state index in [1.165, 1.54) is 32.7 Å². The van der Waals surface area contributed by atoms with Gasteiger partial charge in [-0.3, -0.25) is 4.79 Å². The summed E-state index contributed by atoms with van der Waals surface area (Å²) in [4.78, 5) is 26.4. The summed E-state index contributed by atoms with van der Waals surface area (Å²) in [6.45, 7) is 0.263. The Kier molecular flexibility index (Phi) is 5.49. The second-order valence-electron chi connectivity index (χ2n) is 6.52. The zero-order valence-corrected chi connectivity index (χ0v) is 17.2. The van der Waals surface area contributed by atoms with Crippen molar-refractivity contribution >= 4 is 27.3 Å². The van der Waals surface area contributed by atoms with Crippen molar-refractivity contribution in [2.75, 3.05) is 26.2 Å². The highest BCUT2D eigenvalue weighted by Crippen LogP contribution is 2.18. The van der Waals surface area contributed by atoms with Crippen molar-refractivity contribution in [1.82, 2.24) is 29.0 Å². The molecule has 0 aliphatic carbocycles. The molecule has 1 aliphatic heterocycles. The molecule has 158 valence electrons. The van der Waals surface area contributed by atoms with Crippen LogP contribution >= 0.6 is 11.3 Å². The Bertz CT molecular complexity index is 1200. The molecule has 0 N–H and O–H groups in total. The fourth-order valence-electron chi connectivity index (χ4n) is 3.06. The van der Waals surface area contributed by atoms with Crippen LogP contribution in [-0.4, -0.2) is 69.5 Å². The van der Waals surface area contributed by atoms with Crippen molar-refractivity contribution in [3.05, 3.63) is 58.1 Å². The maximum absolute atomic E-state index is 13.1. The van der Waals surface area contributed by atoms with Gasteiger partial charge in [0.25, 0.3) is 0 Å². The van der Waals surface area contributed by atoms with Crippen LogP contribution in [0.3, 0.4) is 0 Å². The lowest BCUT2D eigenvalue weighted by atomic mass is 10.3. The topological polar surface area (TPSA) is 110 Å². The molecular weight excluding hydrogens is 435 g/mol. The third kappa shape index (κ3) is 3.91. The van der Waals surface area contributed by atoms with Gasteiger partial charge in [-0.1, -0.05) is 0 Å². The van der Waals surface area contributed by atoms with E-state index >= 15 is 0 Å². The molecule has 1 amide bonds. The molecule has 30 heavy (non-hydrogen) atoms. The lowest BCUT2D eigenvalue weighted by Gasteiger charge is -2.33. The monoisotopic (exact) mass is 452 g/mol. The first kappa shape index (κ1) is 20.4. The average molecular weight is 452 g/mol. The highest BCUT2D eigenvalue weighted by molar-refractivity contribution is 7.89. The number of tetrazole rings is 1. The number of hydrogen-bond acceptors (Lipinski definition) is 7. The first-order chi connectivity index (χ1) is 14.4. The van der Waals surface area contributed by atoms with Gasteiger partial charge in [0.1, 0.15) is 17.4 Å². The molecule has 10 nitrogen and oxygen atoms in total. The number of benzene rings is 1. The molecule has 1 aromatic carbocycles. The van der Waals surface area contributed by atoms with Crippen LogP contribution in [0.4, 0.5) is 4.39 Å². The maximum Gasteiger partial charge on any atom is 0.369 e. The van der Waals surface area contributed by atoms with Crippen molar-refractivity contribution in [3.8, 4) is 5.00 Å². The number of carbonyl (C=O) groups excluding carboxylic acids is 1. The summed E-state index contributed by atoms with van der Waals surface area (Å²) in [5.74, 6) is -0.871. The number of carbonyl (C=O) groups is 1. The van der Waals surface area contributed by atoms with Crippen LogP contribution in [0.15, 0.2) is 51.5 Å². The number of nitrogens with zero attached hydrogens (tertiary/aromatic N) is 6. The largest absolute Gasteiger partial charge is 0.369 e. The smallest absolute Gasteiger partial charge is 0.338 e. The zero-order valence-electron chi connectivity index (χ0n) is 15.6. The summed E-state index contributed by atoms with van der Waals surface area (Å²) in [6, 6.07) is 8.10. The Morgan fingerprint density at radius 2 is 1.77 bits per heavy atom. The number of hydrogen-bond donors (Lipinski definition) is 0. The van der Waals surface area contributed by atoms with Crippen LogP contribution in [0.2, 0.25) is 0 Å². The number of rotatable bonds is 5. The molecule has 0 saturated carbocycles. The molecule has 0 spiro atoms. The van der Waals surface area contributed by atoms with Gasteiger partial charge in [0.2, 0.25) is 15.9 Å². The molecular formula is C17H17FN6O4S2. The Morgan fingerprint density at radius 1 is 1.07 bits per heavy atom. The minimum atomic E-state index is -3.77. The van der Waals surface area contributed by atoms with Crippen LogP contribution in [0.5, 0.6) is 0 Å². The predicted octanol–water partition coefficient (Wildman–Crippen LogP) is 0.163. The zero-order chi connectivity index (χ0) is 21.3. The van der Waals surface area contributed by atoms with Gasteiger partial charge in [0, 0.05) is 26.2 Å². The number of amides is 1. The summed E-state index contributed by atoms with van der Waals surface area (Å²) in [5, 5.41) is 9.92. The van der Waals surface area contributed by atoms with Gasteiger partial charge in [0.05, 0.1) is 4.90 Å². The fourth-order valence-corrected chi connectivity index (χ4v) is 5.15. The lowest BCUT2D eigenvalue weighted by Crippen LogP contribution is -2.51. The SMILES string of the molecule is O=C(Cn1nnn(-c2cccs2)c1=O)N1CCN(S(=O)(=O)c2ccc(F)cc2)CC1. The molecule has 3 aromatic rings. The van der Waals surface area contributed by atoms with E-state index in [0.29, 0.717) is 5.00 Å².